The quantitative estimate of drug-likeness (QED) is 0.138. The van der Waals surface area contributed by atoms with Gasteiger partial charge in [0.2, 0.25) is 17.7 Å². The highest BCUT2D eigenvalue weighted by atomic mass is 32.2. The fourth-order valence-electron chi connectivity index (χ4n) is 2.71. The van der Waals surface area contributed by atoms with E-state index in [1.165, 1.54) is 24.3 Å². The van der Waals surface area contributed by atoms with E-state index in [-0.39, 0.29) is 18.6 Å². The summed E-state index contributed by atoms with van der Waals surface area (Å²) in [5, 5.41) is 16.9. The first-order valence-corrected chi connectivity index (χ1v) is 13.6. The number of thiol groups is 1. The van der Waals surface area contributed by atoms with E-state index in [0.29, 0.717) is 23.6 Å². The summed E-state index contributed by atoms with van der Waals surface area (Å²) in [4.78, 5) is 56.3. The van der Waals surface area contributed by atoms with Crippen molar-refractivity contribution in [3.8, 4) is 0 Å². The number of carbonyl (C=O) groups is 4. The van der Waals surface area contributed by atoms with Crippen LogP contribution in [-0.4, -0.2) is 92.7 Å². The second-order valence-electron chi connectivity index (χ2n) is 7.15. The number of aliphatic carboxylic acids is 1. The molecule has 0 aromatic carbocycles. The minimum absolute atomic E-state index is 0.0651. The maximum absolute atomic E-state index is 13.0. The molecule has 3 amide bonds. The van der Waals surface area contributed by atoms with Gasteiger partial charge in [0.1, 0.15) is 18.1 Å². The number of H-pyrrole nitrogens is 1. The predicted molar refractivity (Wildman–Crippen MR) is 134 cm³/mol. The molecule has 0 radical (unpaired) electrons. The third-order valence-corrected chi connectivity index (χ3v) is 6.28. The molecule has 0 aliphatic rings. The minimum Gasteiger partial charge on any atom is -0.480 e. The van der Waals surface area contributed by atoms with Crippen LogP contribution in [0.5, 0.6) is 0 Å². The van der Waals surface area contributed by atoms with Gasteiger partial charge in [-0.15, -0.1) is 0 Å². The van der Waals surface area contributed by atoms with E-state index < -0.39 is 47.9 Å². The van der Waals surface area contributed by atoms with Gasteiger partial charge in [-0.05, 0) is 36.9 Å². The molecule has 0 saturated carbocycles. The van der Waals surface area contributed by atoms with Gasteiger partial charge in [0.25, 0.3) is 0 Å². The number of amides is 3. The summed E-state index contributed by atoms with van der Waals surface area (Å²) < 4.78 is 0. The average Bonchev–Trinajstić information content (AvgIpc) is 3.30. The van der Waals surface area contributed by atoms with Crippen molar-refractivity contribution in [2.45, 2.75) is 43.4 Å². The number of aromatic amines is 1. The van der Waals surface area contributed by atoms with Crippen LogP contribution in [0, 0.1) is 0 Å². The van der Waals surface area contributed by atoms with Gasteiger partial charge >= 0.3 is 5.97 Å². The van der Waals surface area contributed by atoms with Gasteiger partial charge in [-0.2, -0.15) is 36.2 Å². The number of carboxylic acids is 1. The number of nitrogens with two attached hydrogens (primary N) is 1. The van der Waals surface area contributed by atoms with E-state index in [9.17, 15) is 24.3 Å². The number of nitrogens with one attached hydrogen (secondary N) is 4. The van der Waals surface area contributed by atoms with Gasteiger partial charge in [-0.1, -0.05) is 0 Å². The lowest BCUT2D eigenvalue weighted by atomic mass is 10.1. The Morgan fingerprint density at radius 3 is 2.15 bits per heavy atom. The monoisotopic (exact) mass is 520 g/mol. The van der Waals surface area contributed by atoms with Crippen LogP contribution in [0.1, 0.15) is 18.5 Å². The van der Waals surface area contributed by atoms with Crippen LogP contribution in [0.25, 0.3) is 0 Å². The Hall–Kier alpha value is -1.90. The Morgan fingerprint density at radius 2 is 1.61 bits per heavy atom. The van der Waals surface area contributed by atoms with Crippen LogP contribution < -0.4 is 21.7 Å². The predicted octanol–water partition coefficient (Wildman–Crippen LogP) is -0.745. The van der Waals surface area contributed by atoms with E-state index >= 15 is 0 Å². The summed E-state index contributed by atoms with van der Waals surface area (Å²) in [5.41, 5.74) is 6.51. The van der Waals surface area contributed by atoms with Crippen molar-refractivity contribution in [1.82, 2.24) is 25.9 Å². The zero-order valence-corrected chi connectivity index (χ0v) is 21.1. The van der Waals surface area contributed by atoms with Gasteiger partial charge in [0.05, 0.1) is 12.4 Å². The first kappa shape index (κ1) is 29.1. The number of nitrogens with zero attached hydrogens (tertiary/aromatic N) is 1. The topological polar surface area (TPSA) is 179 Å². The Bertz CT molecular complexity index is 767. The van der Waals surface area contributed by atoms with Crippen molar-refractivity contribution in [1.29, 1.82) is 0 Å². The molecule has 4 unspecified atom stereocenters. The molecular weight excluding hydrogens is 488 g/mol. The molecule has 11 nitrogen and oxygen atoms in total. The van der Waals surface area contributed by atoms with Crippen LogP contribution in [0.4, 0.5) is 0 Å². The maximum atomic E-state index is 13.0. The largest absolute Gasteiger partial charge is 0.480 e. The van der Waals surface area contributed by atoms with Crippen molar-refractivity contribution < 1.29 is 24.3 Å². The summed E-state index contributed by atoms with van der Waals surface area (Å²) in [7, 11) is 0. The molecule has 186 valence electrons. The molecule has 0 fully saturated rings. The molecule has 1 aromatic rings. The molecule has 4 atom stereocenters. The second-order valence-corrected chi connectivity index (χ2v) is 9.49. The highest BCUT2D eigenvalue weighted by Crippen LogP contribution is 2.05. The first-order valence-electron chi connectivity index (χ1n) is 10.2. The van der Waals surface area contributed by atoms with Gasteiger partial charge in [0, 0.05) is 24.1 Å². The molecule has 0 spiro atoms. The summed E-state index contributed by atoms with van der Waals surface area (Å²) in [6.45, 7) is 0. The highest BCUT2D eigenvalue weighted by molar-refractivity contribution is 7.98. The third-order valence-electron chi connectivity index (χ3n) is 4.62. The van der Waals surface area contributed by atoms with Crippen LogP contribution >= 0.6 is 36.2 Å². The zero-order valence-electron chi connectivity index (χ0n) is 18.6. The standard InChI is InChI=1S/C19H32N6O5S3/c1-32-5-3-12(20)16(26)24-14(7-11-8-21-10-22-11)17(27)25-15(9-31)18(28)23-13(19(29)30)4-6-33-2/h8,10,12-15,31H,3-7,9,20H2,1-2H3,(H,21,22)(H,23,28)(H,24,26)(H,25,27)(H,29,30). The number of rotatable bonds is 16. The molecule has 1 aromatic heterocycles. The fraction of sp³-hybridized carbons (Fsp3) is 0.632. The van der Waals surface area contributed by atoms with Crippen molar-refractivity contribution in [2.24, 2.45) is 5.73 Å². The van der Waals surface area contributed by atoms with Crippen LogP contribution in [-0.2, 0) is 25.6 Å². The normalized spacial score (nSPS) is 14.5. The second kappa shape index (κ2) is 15.9. The van der Waals surface area contributed by atoms with Gasteiger partial charge < -0.3 is 31.8 Å². The lowest BCUT2D eigenvalue weighted by molar-refractivity contribution is -0.142. The molecule has 1 heterocycles. The Labute approximate surface area is 207 Å². The smallest absolute Gasteiger partial charge is 0.326 e. The van der Waals surface area contributed by atoms with Gasteiger partial charge in [0.15, 0.2) is 0 Å². The van der Waals surface area contributed by atoms with Crippen LogP contribution in [0.2, 0.25) is 0 Å². The molecule has 33 heavy (non-hydrogen) atoms. The summed E-state index contributed by atoms with van der Waals surface area (Å²) in [6.07, 6.45) is 7.48. The number of imidazole rings is 1. The van der Waals surface area contributed by atoms with Crippen LogP contribution in [0.15, 0.2) is 12.5 Å². The molecule has 14 heteroatoms. The van der Waals surface area contributed by atoms with Gasteiger partial charge in [-0.3, -0.25) is 14.4 Å². The Kier molecular flexibility index (Phi) is 14.0. The van der Waals surface area contributed by atoms with E-state index in [0.717, 1.165) is 0 Å². The average molecular weight is 521 g/mol. The third kappa shape index (κ3) is 10.7. The van der Waals surface area contributed by atoms with E-state index in [1.54, 1.807) is 11.8 Å². The van der Waals surface area contributed by atoms with Crippen molar-refractivity contribution >= 4 is 59.8 Å². The molecular formula is C19H32N6O5S3. The number of hydrogen-bond donors (Lipinski definition) is 7. The number of aromatic nitrogens is 2. The Balaban J connectivity index is 2.87. The summed E-state index contributed by atoms with van der Waals surface area (Å²) >= 11 is 7.13. The van der Waals surface area contributed by atoms with E-state index in [2.05, 4.69) is 38.5 Å². The number of thioether (sulfide) groups is 2. The summed E-state index contributed by atoms with van der Waals surface area (Å²) in [6, 6.07) is -3.99. The van der Waals surface area contributed by atoms with E-state index in [1.807, 2.05) is 12.5 Å². The number of carboxylic acid groups (broad SMARTS) is 1. The lowest BCUT2D eigenvalue weighted by Gasteiger charge is -2.24. The molecule has 0 aliphatic carbocycles. The van der Waals surface area contributed by atoms with Crippen LogP contribution in [0.3, 0.4) is 0 Å². The van der Waals surface area contributed by atoms with E-state index in [4.69, 9.17) is 5.73 Å². The number of carbonyl (C=O) groups excluding carboxylic acids is 3. The molecule has 0 bridgehead atoms. The van der Waals surface area contributed by atoms with Crippen molar-refractivity contribution in [3.63, 3.8) is 0 Å². The maximum Gasteiger partial charge on any atom is 0.326 e. The fourth-order valence-corrected chi connectivity index (χ4v) is 3.93. The van der Waals surface area contributed by atoms with Gasteiger partial charge in [-0.25, -0.2) is 9.78 Å². The Morgan fingerprint density at radius 1 is 1.03 bits per heavy atom. The minimum atomic E-state index is -1.16. The lowest BCUT2D eigenvalue weighted by Crippen LogP contribution is -2.58. The summed E-state index contributed by atoms with van der Waals surface area (Å²) in [5.74, 6) is -1.77. The molecule has 0 aliphatic heterocycles. The molecule has 1 rings (SSSR count). The SMILES string of the molecule is CSCCC(N)C(=O)NC(Cc1cnc[nH]1)C(=O)NC(CS)C(=O)NC(CCSC)C(=O)O. The van der Waals surface area contributed by atoms with Crippen molar-refractivity contribution in [3.05, 3.63) is 18.2 Å². The highest BCUT2D eigenvalue weighted by Gasteiger charge is 2.30. The number of hydrogen-bond acceptors (Lipinski definition) is 9. The first-order chi connectivity index (χ1) is 15.7. The van der Waals surface area contributed by atoms with Crippen molar-refractivity contribution in [2.75, 3.05) is 29.8 Å². The molecule has 7 N–H and O–H groups in total. The molecule has 0 saturated heterocycles. The zero-order chi connectivity index (χ0) is 24.8.